The first-order valence-corrected chi connectivity index (χ1v) is 14.1. The van der Waals surface area contributed by atoms with Gasteiger partial charge in [0.1, 0.15) is 11.6 Å². The molecule has 5 heterocycles. The van der Waals surface area contributed by atoms with Crippen LogP contribution in [0.4, 0.5) is 23.0 Å². The Bertz CT molecular complexity index is 1520. The van der Waals surface area contributed by atoms with Crippen LogP contribution < -0.4 is 15.1 Å². The van der Waals surface area contributed by atoms with Crippen LogP contribution in [0.1, 0.15) is 30.7 Å². The highest BCUT2D eigenvalue weighted by atomic mass is 16.5. The monoisotopic (exact) mass is 539 g/mol. The molecule has 2 saturated heterocycles. The summed E-state index contributed by atoms with van der Waals surface area (Å²) in [7, 11) is 0. The van der Waals surface area contributed by atoms with Gasteiger partial charge in [-0.2, -0.15) is 0 Å². The van der Waals surface area contributed by atoms with Gasteiger partial charge >= 0.3 is 0 Å². The van der Waals surface area contributed by atoms with Crippen molar-refractivity contribution in [3.05, 3.63) is 60.6 Å². The SMILES string of the molecule is O[C@@H]1CN(c2nc(-c3ccnc(Nc4cccc(N5CCOCC5)c4)c3)nc3cncc(C4CC4)c23)CC[C@@H]1O. The average Bonchev–Trinajstić information content (AvgIpc) is 3.84. The van der Waals surface area contributed by atoms with Crippen LogP contribution in [0.15, 0.2) is 55.0 Å². The van der Waals surface area contributed by atoms with Gasteiger partial charge in [-0.05, 0) is 61.1 Å². The van der Waals surface area contributed by atoms with Crippen molar-refractivity contribution in [2.45, 2.75) is 37.4 Å². The first kappa shape index (κ1) is 25.1. The number of aromatic nitrogens is 4. The Morgan fingerprint density at radius 2 is 1.77 bits per heavy atom. The van der Waals surface area contributed by atoms with Crippen molar-refractivity contribution in [2.24, 2.45) is 0 Å². The molecule has 0 unspecified atom stereocenters. The Hall–Kier alpha value is -3.86. The van der Waals surface area contributed by atoms with E-state index in [1.54, 1.807) is 12.4 Å². The third-order valence-corrected chi connectivity index (χ3v) is 7.99. The number of benzene rings is 1. The fourth-order valence-electron chi connectivity index (χ4n) is 5.65. The summed E-state index contributed by atoms with van der Waals surface area (Å²) in [6, 6.07) is 12.2. The van der Waals surface area contributed by atoms with Gasteiger partial charge in [0.25, 0.3) is 0 Å². The van der Waals surface area contributed by atoms with Crippen LogP contribution in [0.5, 0.6) is 0 Å². The molecule has 0 bridgehead atoms. The van der Waals surface area contributed by atoms with Gasteiger partial charge in [-0.15, -0.1) is 0 Å². The minimum atomic E-state index is -0.821. The molecule has 3 N–H and O–H groups in total. The molecule has 7 rings (SSSR count). The molecule has 0 amide bonds. The van der Waals surface area contributed by atoms with E-state index in [1.807, 2.05) is 30.5 Å². The highest BCUT2D eigenvalue weighted by molar-refractivity contribution is 5.94. The second-order valence-electron chi connectivity index (χ2n) is 10.8. The number of rotatable bonds is 6. The number of aliphatic hydroxyl groups excluding tert-OH is 2. The van der Waals surface area contributed by atoms with Crippen LogP contribution in [-0.2, 0) is 4.74 Å². The van der Waals surface area contributed by atoms with Crippen molar-refractivity contribution in [1.29, 1.82) is 0 Å². The van der Waals surface area contributed by atoms with E-state index in [0.717, 1.165) is 78.4 Å². The number of fused-ring (bicyclic) bond motifs is 1. The van der Waals surface area contributed by atoms with E-state index in [9.17, 15) is 10.2 Å². The zero-order valence-electron chi connectivity index (χ0n) is 22.3. The molecule has 1 aromatic carbocycles. The Labute approximate surface area is 232 Å². The molecule has 0 radical (unpaired) electrons. The fourth-order valence-corrected chi connectivity index (χ4v) is 5.65. The molecule has 4 aromatic rings. The minimum absolute atomic E-state index is 0.321. The molecule has 1 saturated carbocycles. The number of piperidine rings is 1. The molecule has 10 heteroatoms. The second kappa shape index (κ2) is 10.6. The summed E-state index contributed by atoms with van der Waals surface area (Å²) in [5.74, 6) is 2.53. The lowest BCUT2D eigenvalue weighted by atomic mass is 10.0. The number of hydrogen-bond donors (Lipinski definition) is 3. The highest BCUT2D eigenvalue weighted by Crippen LogP contribution is 2.45. The fraction of sp³-hybridized carbons (Fsp3) is 0.400. The number of anilines is 4. The van der Waals surface area contributed by atoms with Gasteiger partial charge in [0.15, 0.2) is 5.82 Å². The lowest BCUT2D eigenvalue weighted by Gasteiger charge is -2.35. The molecule has 206 valence electrons. The molecule has 2 aliphatic heterocycles. The third kappa shape index (κ3) is 5.05. The van der Waals surface area contributed by atoms with Crippen molar-refractivity contribution < 1.29 is 14.9 Å². The van der Waals surface area contributed by atoms with Crippen molar-refractivity contribution in [2.75, 3.05) is 54.5 Å². The van der Waals surface area contributed by atoms with Crippen molar-refractivity contribution in [1.82, 2.24) is 19.9 Å². The Morgan fingerprint density at radius 1 is 0.900 bits per heavy atom. The topological polar surface area (TPSA) is 120 Å². The molecule has 0 spiro atoms. The van der Waals surface area contributed by atoms with Crippen LogP contribution in [0.2, 0.25) is 0 Å². The van der Waals surface area contributed by atoms with E-state index in [1.165, 1.54) is 0 Å². The van der Waals surface area contributed by atoms with Gasteiger partial charge in [-0.1, -0.05) is 6.07 Å². The predicted molar refractivity (Wildman–Crippen MR) is 154 cm³/mol. The van der Waals surface area contributed by atoms with Gasteiger partial charge in [0.05, 0.1) is 37.1 Å². The van der Waals surface area contributed by atoms with Crippen LogP contribution >= 0.6 is 0 Å². The lowest BCUT2D eigenvalue weighted by molar-refractivity contribution is 0.00792. The van der Waals surface area contributed by atoms with Gasteiger partial charge < -0.3 is 30.1 Å². The lowest BCUT2D eigenvalue weighted by Crippen LogP contribution is -2.47. The number of pyridine rings is 2. The highest BCUT2D eigenvalue weighted by Gasteiger charge is 2.32. The summed E-state index contributed by atoms with van der Waals surface area (Å²) >= 11 is 0. The average molecular weight is 540 g/mol. The summed E-state index contributed by atoms with van der Waals surface area (Å²) in [6.45, 7) is 4.17. The maximum atomic E-state index is 10.5. The maximum Gasteiger partial charge on any atom is 0.162 e. The van der Waals surface area contributed by atoms with Gasteiger partial charge in [-0.3, -0.25) is 4.98 Å². The Balaban J connectivity index is 1.23. The van der Waals surface area contributed by atoms with Gasteiger partial charge in [0.2, 0.25) is 0 Å². The molecule has 2 atom stereocenters. The summed E-state index contributed by atoms with van der Waals surface area (Å²) in [5, 5.41) is 25.0. The molecule has 1 aliphatic carbocycles. The first-order chi connectivity index (χ1) is 19.6. The quantitative estimate of drug-likeness (QED) is 0.336. The van der Waals surface area contributed by atoms with E-state index < -0.39 is 12.2 Å². The van der Waals surface area contributed by atoms with Crippen molar-refractivity contribution in [3.8, 4) is 11.4 Å². The minimum Gasteiger partial charge on any atom is -0.390 e. The Morgan fingerprint density at radius 3 is 2.60 bits per heavy atom. The van der Waals surface area contributed by atoms with E-state index in [2.05, 4.69) is 37.2 Å². The number of ether oxygens (including phenoxy) is 1. The summed E-state index contributed by atoms with van der Waals surface area (Å²) < 4.78 is 5.50. The number of morpholine rings is 1. The molecule has 40 heavy (non-hydrogen) atoms. The number of hydrogen-bond acceptors (Lipinski definition) is 10. The second-order valence-corrected chi connectivity index (χ2v) is 10.8. The summed E-state index contributed by atoms with van der Waals surface area (Å²) in [5.41, 5.74) is 4.89. The third-order valence-electron chi connectivity index (χ3n) is 7.99. The summed E-state index contributed by atoms with van der Waals surface area (Å²) in [6.07, 6.45) is 6.70. The van der Waals surface area contributed by atoms with Crippen LogP contribution in [0.25, 0.3) is 22.3 Å². The van der Waals surface area contributed by atoms with Crippen LogP contribution in [0, 0.1) is 0 Å². The molecule has 3 aliphatic rings. The van der Waals surface area contributed by atoms with E-state index in [-0.39, 0.29) is 0 Å². The van der Waals surface area contributed by atoms with Gasteiger partial charge in [0, 0.05) is 60.9 Å². The standard InChI is InChI=1S/C30H33N7O3/c38-25-7-9-37(18-26(25)39)30-28-23(19-4-5-19)16-31-17-24(28)34-29(35-30)20-6-8-32-27(14-20)33-21-2-1-3-22(15-21)36-10-12-40-13-11-36/h1-3,6,8,14-17,19,25-26,38-39H,4-5,7,9-13,18H2,(H,32,33)/t25-,26+/m0/s1. The number of β-amino-alcohol motifs (C(OH)–C–C–N with tert-alkyl or cyclic N) is 1. The smallest absolute Gasteiger partial charge is 0.162 e. The number of nitrogens with zero attached hydrogens (tertiary/aromatic N) is 6. The van der Waals surface area contributed by atoms with Crippen LogP contribution in [0.3, 0.4) is 0 Å². The molecule has 3 aromatic heterocycles. The number of nitrogens with one attached hydrogen (secondary N) is 1. The van der Waals surface area contributed by atoms with E-state index in [4.69, 9.17) is 14.7 Å². The zero-order chi connectivity index (χ0) is 27.1. The van der Waals surface area contributed by atoms with E-state index in [0.29, 0.717) is 37.1 Å². The van der Waals surface area contributed by atoms with Crippen molar-refractivity contribution >= 4 is 33.9 Å². The molecular weight excluding hydrogens is 506 g/mol. The maximum absolute atomic E-state index is 10.5. The first-order valence-electron chi connectivity index (χ1n) is 14.1. The normalized spacial score (nSPS) is 21.6. The zero-order valence-corrected chi connectivity index (χ0v) is 22.3. The summed E-state index contributed by atoms with van der Waals surface area (Å²) in [4.78, 5) is 23.5. The molecular formula is C30H33N7O3. The predicted octanol–water partition coefficient (Wildman–Crippen LogP) is 3.48. The number of aliphatic hydroxyl groups is 2. The van der Waals surface area contributed by atoms with E-state index >= 15 is 0 Å². The van der Waals surface area contributed by atoms with Crippen LogP contribution in [-0.4, -0.2) is 81.7 Å². The largest absolute Gasteiger partial charge is 0.390 e. The van der Waals surface area contributed by atoms with Crippen molar-refractivity contribution in [3.63, 3.8) is 0 Å². The molecule has 3 fully saturated rings. The molecule has 10 nitrogen and oxygen atoms in total. The van der Waals surface area contributed by atoms with Gasteiger partial charge in [-0.25, -0.2) is 15.0 Å². The Kier molecular flexibility index (Phi) is 6.66.